The fourth-order valence-electron chi connectivity index (χ4n) is 12.5. The molecule has 0 aromatic carbocycles. The van der Waals surface area contributed by atoms with E-state index in [1.165, 1.54) is 60.8 Å². The minimum Gasteiger partial charge on any atom is -0.354 e. The first-order valence-corrected chi connectivity index (χ1v) is 29.3. The monoisotopic (exact) mass is 1080 g/mol. The molecule has 4 saturated carbocycles. The van der Waals surface area contributed by atoms with Gasteiger partial charge in [0.05, 0.1) is 5.41 Å². The number of hydrogen-bond acceptors (Lipinski definition) is 10. The Hall–Kier alpha value is -4.81. The second kappa shape index (κ2) is 28.4. The highest BCUT2D eigenvalue weighted by Crippen LogP contribution is 2.61. The first-order chi connectivity index (χ1) is 35.9. The fourth-order valence-corrected chi connectivity index (χ4v) is 12.5. The normalized spacial score (nSPS) is 22.7. The number of hydrogen-bond donors (Lipinski definition) is 8. The molecule has 5 aliphatic rings. The maximum Gasteiger partial charge on any atom is 0.246 e. The van der Waals surface area contributed by atoms with Crippen molar-refractivity contribution in [3.05, 3.63) is 0 Å². The molecule has 0 radical (unpaired) electrons. The van der Waals surface area contributed by atoms with E-state index in [1.807, 2.05) is 58.5 Å². The van der Waals surface area contributed by atoms with Crippen LogP contribution in [0.25, 0.3) is 0 Å². The number of carbonyl (C=O) groups excluding carboxylic acids is 9. The second-order valence-electron chi connectivity index (χ2n) is 26.4. The van der Waals surface area contributed by atoms with E-state index in [0.29, 0.717) is 56.5 Å². The molecule has 5 fully saturated rings. The zero-order valence-corrected chi connectivity index (χ0v) is 49.7. The molecule has 19 nitrogen and oxygen atoms in total. The van der Waals surface area contributed by atoms with Gasteiger partial charge in [-0.25, -0.2) is 0 Å². The summed E-state index contributed by atoms with van der Waals surface area (Å²) < 4.78 is 0. The van der Waals surface area contributed by atoms with E-state index < -0.39 is 76.2 Å². The Bertz CT molecular complexity index is 2040. The lowest BCUT2D eigenvalue weighted by molar-refractivity contribution is -0.160. The molecule has 9 amide bonds. The van der Waals surface area contributed by atoms with Crippen molar-refractivity contribution in [1.29, 1.82) is 0 Å². The average molecular weight is 1080 g/mol. The maximum absolute atomic E-state index is 14.5. The van der Waals surface area contributed by atoms with E-state index in [1.54, 1.807) is 0 Å². The van der Waals surface area contributed by atoms with Gasteiger partial charge in [-0.05, 0) is 163 Å². The third kappa shape index (κ3) is 19.2. The van der Waals surface area contributed by atoms with Gasteiger partial charge in [0.2, 0.25) is 53.2 Å². The molecule has 1 heterocycles. The van der Waals surface area contributed by atoms with Crippen LogP contribution in [0.3, 0.4) is 0 Å². The molecular formula is C58H102N10O9. The molecule has 5 atom stereocenters. The van der Waals surface area contributed by atoms with Crippen molar-refractivity contribution in [2.75, 3.05) is 33.7 Å². The van der Waals surface area contributed by atoms with Crippen LogP contribution in [0.15, 0.2) is 0 Å². The van der Waals surface area contributed by atoms with Gasteiger partial charge in [0, 0.05) is 32.1 Å². The Balaban J connectivity index is 1.40. The summed E-state index contributed by atoms with van der Waals surface area (Å²) in [4.78, 5) is 129. The second-order valence-corrected chi connectivity index (χ2v) is 26.4. The van der Waals surface area contributed by atoms with Gasteiger partial charge in [-0.2, -0.15) is 0 Å². The minimum atomic E-state index is -1.59. The molecule has 5 rings (SSSR count). The predicted octanol–water partition coefficient (Wildman–Crippen LogP) is 4.75. The zero-order valence-electron chi connectivity index (χ0n) is 49.7. The summed E-state index contributed by atoms with van der Waals surface area (Å²) in [6, 6.07) is -3.92. The number of carbonyl (C=O) groups is 9. The highest BCUT2D eigenvalue weighted by Gasteiger charge is 2.57. The standard InChI is InChI=1S/C58H102N10O9/c1-15-16-17-18-19-20-22-42(61-50(73)45-23-21-26-68(45)54(77)58-32-39-29-40(33-58)31-41(30-39)34-58)47(70)62-43(27-36(2)3)48(71)64-56(9,10)52(75)63-44(28-37(4)5)49(72)65-57(11,12)53(76)66-55(7,8)51(74)59-25-24-46(69)60-38(6)35-67(13)14/h36-45H,15-35H2,1-14H3,(H,59,74)(H,60,69)(H,61,73)(H,62,70)(H,63,75)(H,64,71)(H,65,72)(H,66,76)/t38-,39?,40?,41?,42-,43-,44-,45-,58?/m0/s1. The lowest BCUT2D eigenvalue weighted by Crippen LogP contribution is -2.66. The van der Waals surface area contributed by atoms with Crippen LogP contribution in [0.2, 0.25) is 0 Å². The van der Waals surface area contributed by atoms with E-state index in [2.05, 4.69) is 49.5 Å². The predicted molar refractivity (Wildman–Crippen MR) is 298 cm³/mol. The lowest BCUT2D eigenvalue weighted by atomic mass is 9.49. The SMILES string of the molecule is CCCCCCCC[C@H](NC(=O)[C@@H]1CCCN1C(=O)C12CC3CC(CC(C3)C1)C2)C(=O)N[C@@H](CC(C)C)C(=O)NC(C)(C)C(=O)N[C@@H](CC(C)C)C(=O)NC(C)(C)C(=O)NC(C)(C)C(=O)NCCC(=O)N[C@@H](C)CN(C)C. The number of amides is 9. The summed E-state index contributed by atoms with van der Waals surface area (Å²) in [6.45, 7) is 21.8. The molecule has 19 heteroatoms. The van der Waals surface area contributed by atoms with Crippen molar-refractivity contribution in [3.8, 4) is 0 Å². The van der Waals surface area contributed by atoms with E-state index >= 15 is 0 Å². The van der Waals surface area contributed by atoms with Crippen molar-refractivity contribution in [2.24, 2.45) is 35.0 Å². The third-order valence-electron chi connectivity index (χ3n) is 16.1. The third-order valence-corrected chi connectivity index (χ3v) is 16.1. The van der Waals surface area contributed by atoms with Gasteiger partial charge < -0.3 is 52.3 Å². The van der Waals surface area contributed by atoms with Crippen molar-refractivity contribution in [3.63, 3.8) is 0 Å². The average Bonchev–Trinajstić information content (AvgIpc) is 3.80. The van der Waals surface area contributed by atoms with Gasteiger partial charge in [0.25, 0.3) is 0 Å². The van der Waals surface area contributed by atoms with Gasteiger partial charge in [-0.3, -0.25) is 43.2 Å². The van der Waals surface area contributed by atoms with Crippen LogP contribution in [0, 0.1) is 35.0 Å². The van der Waals surface area contributed by atoms with Crippen molar-refractivity contribution >= 4 is 53.2 Å². The van der Waals surface area contributed by atoms with Crippen LogP contribution in [0.1, 0.15) is 199 Å². The van der Waals surface area contributed by atoms with Crippen LogP contribution in [0.4, 0.5) is 0 Å². The summed E-state index contributed by atoms with van der Waals surface area (Å²) in [7, 11) is 3.81. The molecule has 0 spiro atoms. The van der Waals surface area contributed by atoms with Crippen LogP contribution in [-0.2, 0) is 43.2 Å². The summed E-state index contributed by atoms with van der Waals surface area (Å²) in [5, 5.41) is 22.6. The molecule has 4 aliphatic carbocycles. The fraction of sp³-hybridized carbons (Fsp3) is 0.845. The number of likely N-dealkylation sites (N-methyl/N-ethyl adjacent to an activating group) is 1. The first kappa shape index (κ1) is 64.7. The number of rotatable bonds is 31. The lowest BCUT2D eigenvalue weighted by Gasteiger charge is -2.56. The Kier molecular flexibility index (Phi) is 23.8. The Morgan fingerprint density at radius 1 is 0.597 bits per heavy atom. The summed E-state index contributed by atoms with van der Waals surface area (Å²) >= 11 is 0. The van der Waals surface area contributed by atoms with Gasteiger partial charge in [-0.1, -0.05) is 73.1 Å². The molecule has 1 saturated heterocycles. The maximum atomic E-state index is 14.5. The molecule has 0 aromatic rings. The van der Waals surface area contributed by atoms with Gasteiger partial charge in [0.15, 0.2) is 0 Å². The van der Waals surface area contributed by atoms with E-state index in [9.17, 15) is 43.2 Å². The summed E-state index contributed by atoms with van der Waals surface area (Å²) in [5.41, 5.74) is -4.97. The minimum absolute atomic E-state index is 0.0419. The van der Waals surface area contributed by atoms with Crippen LogP contribution >= 0.6 is 0 Å². The summed E-state index contributed by atoms with van der Waals surface area (Å²) in [5.74, 6) is -2.52. The Morgan fingerprint density at radius 2 is 1.10 bits per heavy atom. The Morgan fingerprint density at radius 3 is 1.64 bits per heavy atom. The largest absolute Gasteiger partial charge is 0.354 e. The van der Waals surface area contributed by atoms with Gasteiger partial charge in [-0.15, -0.1) is 0 Å². The topological polar surface area (TPSA) is 256 Å². The molecule has 0 unspecified atom stereocenters. The molecule has 8 N–H and O–H groups in total. The van der Waals surface area contributed by atoms with Gasteiger partial charge >= 0.3 is 0 Å². The van der Waals surface area contributed by atoms with E-state index in [-0.39, 0.29) is 66.8 Å². The molecule has 0 aromatic heterocycles. The zero-order chi connectivity index (χ0) is 57.6. The van der Waals surface area contributed by atoms with Gasteiger partial charge in [0.1, 0.15) is 40.8 Å². The van der Waals surface area contributed by atoms with E-state index in [0.717, 1.165) is 51.4 Å². The highest BCUT2D eigenvalue weighted by molar-refractivity contribution is 6.00. The molecule has 438 valence electrons. The smallest absolute Gasteiger partial charge is 0.246 e. The quantitative estimate of drug-likeness (QED) is 0.0443. The summed E-state index contributed by atoms with van der Waals surface area (Å²) in [6.07, 6.45) is 14.2. The number of nitrogens with one attached hydrogen (secondary N) is 8. The molecule has 77 heavy (non-hydrogen) atoms. The van der Waals surface area contributed by atoms with Crippen molar-refractivity contribution in [1.82, 2.24) is 52.3 Å². The Labute approximate surface area is 461 Å². The number of nitrogens with zero attached hydrogens (tertiary/aromatic N) is 2. The van der Waals surface area contributed by atoms with Crippen molar-refractivity contribution in [2.45, 2.75) is 245 Å². The molecule has 4 bridgehead atoms. The van der Waals surface area contributed by atoms with Crippen LogP contribution in [0.5, 0.6) is 0 Å². The number of unbranched alkanes of at least 4 members (excludes halogenated alkanes) is 5. The van der Waals surface area contributed by atoms with Crippen LogP contribution < -0.4 is 42.5 Å². The van der Waals surface area contributed by atoms with Crippen LogP contribution in [-0.4, -0.2) is 144 Å². The number of likely N-dealkylation sites (tertiary alicyclic amines) is 1. The first-order valence-electron chi connectivity index (χ1n) is 29.3. The van der Waals surface area contributed by atoms with E-state index in [4.69, 9.17) is 0 Å². The molecule has 1 aliphatic heterocycles. The molecular weight excluding hydrogens is 981 g/mol. The highest BCUT2D eigenvalue weighted by atomic mass is 16.2. The van der Waals surface area contributed by atoms with Crippen molar-refractivity contribution < 1.29 is 43.2 Å².